The van der Waals surface area contributed by atoms with Gasteiger partial charge in [-0.3, -0.25) is 10.2 Å². The second kappa shape index (κ2) is 8.97. The van der Waals surface area contributed by atoms with Crippen LogP contribution in [0.2, 0.25) is 0 Å². The zero-order valence-electron chi connectivity index (χ0n) is 18.5. The number of halogens is 3. The molecule has 10 heteroatoms. The number of carbonyl (C=O) groups is 1. The Bertz CT molecular complexity index is 1360. The van der Waals surface area contributed by atoms with E-state index in [1.165, 1.54) is 30.3 Å². The van der Waals surface area contributed by atoms with Crippen LogP contribution in [0.1, 0.15) is 11.1 Å². The second-order valence-electron chi connectivity index (χ2n) is 7.51. The molecule has 174 valence electrons. The van der Waals surface area contributed by atoms with E-state index in [9.17, 15) is 18.0 Å². The van der Waals surface area contributed by atoms with Crippen molar-refractivity contribution in [2.45, 2.75) is 13.1 Å². The van der Waals surface area contributed by atoms with Gasteiger partial charge < -0.3 is 4.74 Å². The predicted molar refractivity (Wildman–Crippen MR) is 123 cm³/mol. The molecule has 0 atom stereocenters. The van der Waals surface area contributed by atoms with Crippen molar-refractivity contribution in [2.24, 2.45) is 0 Å². The Morgan fingerprint density at radius 1 is 1.03 bits per heavy atom. The quantitative estimate of drug-likeness (QED) is 0.417. The van der Waals surface area contributed by atoms with E-state index in [2.05, 4.69) is 20.3 Å². The van der Waals surface area contributed by atoms with Crippen molar-refractivity contribution in [3.05, 3.63) is 71.9 Å². The maximum Gasteiger partial charge on any atom is 0.416 e. The summed E-state index contributed by atoms with van der Waals surface area (Å²) in [5.41, 5.74) is 2.84. The maximum absolute atomic E-state index is 12.8. The molecule has 1 N–H and O–H groups in total. The average molecular weight is 467 g/mol. The Balaban J connectivity index is 1.55. The Morgan fingerprint density at radius 3 is 2.44 bits per heavy atom. The fourth-order valence-corrected chi connectivity index (χ4v) is 3.28. The Morgan fingerprint density at radius 2 is 1.76 bits per heavy atom. The molecule has 0 aliphatic heterocycles. The molecule has 0 fully saturated rings. The number of rotatable bonds is 4. The molecule has 0 aliphatic rings. The first-order chi connectivity index (χ1) is 16.2. The Hall–Kier alpha value is -4.21. The maximum atomic E-state index is 12.8. The number of methoxy groups -OCH3 is 1. The van der Waals surface area contributed by atoms with E-state index in [0.717, 1.165) is 29.0 Å². The molecule has 0 aliphatic carbocycles. The number of anilines is 2. The van der Waals surface area contributed by atoms with Crippen LogP contribution in [0.3, 0.4) is 0 Å². The number of fused-ring (bicyclic) bond motifs is 1. The topological polar surface area (TPSA) is 80.2 Å². The molecular weight excluding hydrogens is 447 g/mol. The summed E-state index contributed by atoms with van der Waals surface area (Å²) in [7, 11) is 3.04. The molecule has 0 spiro atoms. The number of nitrogens with one attached hydrogen (secondary N) is 1. The molecule has 2 amide bonds. The second-order valence-corrected chi connectivity index (χ2v) is 7.51. The van der Waals surface area contributed by atoms with E-state index in [1.54, 1.807) is 13.2 Å². The molecule has 2 heterocycles. The fraction of sp³-hybridized carbons (Fsp3) is 0.167. The molecule has 0 bridgehead atoms. The van der Waals surface area contributed by atoms with Gasteiger partial charge in [-0.15, -0.1) is 0 Å². The zero-order valence-corrected chi connectivity index (χ0v) is 18.5. The normalized spacial score (nSPS) is 11.4. The molecule has 0 unspecified atom stereocenters. The SMILES string of the molecule is COc1cc(-c2ccc3ncc(NC(=O)N(C)c4ccc(C(F)(F)F)cc4)nc3n2)ccc1C. The van der Waals surface area contributed by atoms with Crippen molar-refractivity contribution < 1.29 is 22.7 Å². The van der Waals surface area contributed by atoms with Gasteiger partial charge in [-0.25, -0.2) is 19.7 Å². The summed E-state index contributed by atoms with van der Waals surface area (Å²) in [6.07, 6.45) is -3.06. The highest BCUT2D eigenvalue weighted by molar-refractivity contribution is 6.01. The molecule has 4 rings (SSSR count). The number of hydrogen-bond donors (Lipinski definition) is 1. The van der Waals surface area contributed by atoms with Gasteiger partial charge in [-0.05, 0) is 55.0 Å². The molecular formula is C24H20F3N5O2. The third kappa shape index (κ3) is 4.75. The molecule has 0 saturated heterocycles. The first-order valence-electron chi connectivity index (χ1n) is 10.2. The van der Waals surface area contributed by atoms with Crippen LogP contribution < -0.4 is 15.0 Å². The number of nitrogens with zero attached hydrogens (tertiary/aromatic N) is 4. The zero-order chi connectivity index (χ0) is 24.5. The number of benzene rings is 2. The number of urea groups is 1. The van der Waals surface area contributed by atoms with Gasteiger partial charge in [0.15, 0.2) is 11.5 Å². The highest BCUT2D eigenvalue weighted by Gasteiger charge is 2.30. The van der Waals surface area contributed by atoms with Crippen molar-refractivity contribution in [3.63, 3.8) is 0 Å². The predicted octanol–water partition coefficient (Wildman–Crippen LogP) is 5.70. The lowest BCUT2D eigenvalue weighted by molar-refractivity contribution is -0.137. The summed E-state index contributed by atoms with van der Waals surface area (Å²) in [6.45, 7) is 1.94. The first kappa shape index (κ1) is 23.0. The van der Waals surface area contributed by atoms with E-state index in [-0.39, 0.29) is 11.5 Å². The monoisotopic (exact) mass is 467 g/mol. The smallest absolute Gasteiger partial charge is 0.416 e. The number of aromatic nitrogens is 3. The summed E-state index contributed by atoms with van der Waals surface area (Å²) < 4.78 is 43.7. The minimum atomic E-state index is -4.45. The number of alkyl halides is 3. The third-order valence-electron chi connectivity index (χ3n) is 5.23. The third-order valence-corrected chi connectivity index (χ3v) is 5.23. The van der Waals surface area contributed by atoms with E-state index >= 15 is 0 Å². The molecule has 34 heavy (non-hydrogen) atoms. The summed E-state index contributed by atoms with van der Waals surface area (Å²) in [4.78, 5) is 27.0. The molecule has 0 radical (unpaired) electrons. The van der Waals surface area contributed by atoms with E-state index < -0.39 is 17.8 Å². The van der Waals surface area contributed by atoms with E-state index in [1.807, 2.05) is 31.2 Å². The number of aryl methyl sites for hydroxylation is 1. The average Bonchev–Trinajstić information content (AvgIpc) is 2.83. The van der Waals surface area contributed by atoms with Gasteiger partial charge in [-0.2, -0.15) is 13.2 Å². The number of pyridine rings is 1. The highest BCUT2D eigenvalue weighted by atomic mass is 19.4. The van der Waals surface area contributed by atoms with Crippen molar-refractivity contribution in [1.82, 2.24) is 15.0 Å². The number of hydrogen-bond acceptors (Lipinski definition) is 5. The minimum absolute atomic E-state index is 0.155. The molecule has 4 aromatic rings. The van der Waals surface area contributed by atoms with Crippen molar-refractivity contribution in [2.75, 3.05) is 24.4 Å². The van der Waals surface area contributed by atoms with Crippen molar-refractivity contribution in [3.8, 4) is 17.0 Å². The highest BCUT2D eigenvalue weighted by Crippen LogP contribution is 2.30. The molecule has 7 nitrogen and oxygen atoms in total. The number of carbonyl (C=O) groups excluding carboxylic acids is 1. The van der Waals surface area contributed by atoms with Gasteiger partial charge in [0, 0.05) is 18.3 Å². The van der Waals surface area contributed by atoms with E-state index in [4.69, 9.17) is 4.74 Å². The summed E-state index contributed by atoms with van der Waals surface area (Å²) in [5.74, 6) is 0.889. The lowest BCUT2D eigenvalue weighted by Gasteiger charge is -2.18. The van der Waals surface area contributed by atoms with Gasteiger partial charge in [0.2, 0.25) is 0 Å². The van der Waals surface area contributed by atoms with Crippen LogP contribution in [0.15, 0.2) is 60.8 Å². The van der Waals surface area contributed by atoms with Crippen molar-refractivity contribution >= 4 is 28.7 Å². The van der Waals surface area contributed by atoms with Crippen molar-refractivity contribution in [1.29, 1.82) is 0 Å². The lowest BCUT2D eigenvalue weighted by Crippen LogP contribution is -2.31. The van der Waals surface area contributed by atoms with Crippen LogP contribution in [-0.4, -0.2) is 35.1 Å². The van der Waals surface area contributed by atoms with Crippen LogP contribution in [0.4, 0.5) is 29.5 Å². The Kier molecular flexibility index (Phi) is 6.06. The number of amides is 2. The standard InChI is InChI=1S/C24H20F3N5O2/c1-14-4-5-15(12-20(14)34-3)18-10-11-19-22(29-18)30-21(13-28-19)31-23(33)32(2)17-8-6-16(7-9-17)24(25,26)27/h4-13H,1-3H3,(H,29,30,31,33). The lowest BCUT2D eigenvalue weighted by atomic mass is 10.1. The first-order valence-corrected chi connectivity index (χ1v) is 10.2. The summed E-state index contributed by atoms with van der Waals surface area (Å²) >= 11 is 0. The van der Waals surface area contributed by atoms with Crippen LogP contribution in [0, 0.1) is 6.92 Å². The van der Waals surface area contributed by atoms with Gasteiger partial charge in [0.25, 0.3) is 0 Å². The van der Waals surface area contributed by atoms with Gasteiger partial charge in [0.05, 0.1) is 24.6 Å². The van der Waals surface area contributed by atoms with E-state index in [0.29, 0.717) is 16.9 Å². The largest absolute Gasteiger partial charge is 0.496 e. The van der Waals surface area contributed by atoms with Crippen LogP contribution in [0.25, 0.3) is 22.4 Å². The molecule has 2 aromatic carbocycles. The molecule has 0 saturated carbocycles. The van der Waals surface area contributed by atoms with Crippen LogP contribution >= 0.6 is 0 Å². The van der Waals surface area contributed by atoms with Crippen LogP contribution in [0.5, 0.6) is 5.75 Å². The minimum Gasteiger partial charge on any atom is -0.496 e. The Labute approximate surface area is 193 Å². The summed E-state index contributed by atoms with van der Waals surface area (Å²) in [6, 6.07) is 13.0. The van der Waals surface area contributed by atoms with Gasteiger partial charge >= 0.3 is 12.2 Å². The van der Waals surface area contributed by atoms with Gasteiger partial charge in [-0.1, -0.05) is 12.1 Å². The summed E-state index contributed by atoms with van der Waals surface area (Å²) in [5, 5.41) is 2.59. The molecule has 2 aromatic heterocycles. The number of ether oxygens (including phenoxy) is 1. The fourth-order valence-electron chi connectivity index (χ4n) is 3.28. The van der Waals surface area contributed by atoms with Crippen LogP contribution in [-0.2, 0) is 6.18 Å². The van der Waals surface area contributed by atoms with Gasteiger partial charge in [0.1, 0.15) is 11.3 Å².